The first kappa shape index (κ1) is 36.3. The quantitative estimate of drug-likeness (QED) is 0.137. The minimum Gasteiger partial charge on any atom is -0.341 e. The Morgan fingerprint density at radius 2 is 1.63 bits per heavy atom. The minimum atomic E-state index is -4.30. The lowest BCUT2D eigenvalue weighted by Crippen LogP contribution is -2.36. The first-order chi connectivity index (χ1) is 24.6. The Labute approximate surface area is 308 Å². The fourth-order valence-electron chi connectivity index (χ4n) is 6.24. The standard InChI is InChI=1S/C39H39Cl2N5O4S/c1-3-5-19-45(20-6-4-2)39-42-24-35(41)36(43-39)31-17-15-28(22-33(31)38(48)46-21-18-26-10-7-8-11-29(26)25-46)37(47)44-51(49,50)30-16-14-27-12-9-13-34(40)32(27)23-30/h7-17,22-24H,3-6,18-21,25H2,1-2H3,(H,44,47). The topological polar surface area (TPSA) is 113 Å². The van der Waals surface area contributed by atoms with Gasteiger partial charge in [0.2, 0.25) is 5.95 Å². The minimum absolute atomic E-state index is 0.0140. The average Bonchev–Trinajstić information content (AvgIpc) is 3.14. The Balaban J connectivity index is 1.39. The summed E-state index contributed by atoms with van der Waals surface area (Å²) >= 11 is 13.1. The number of rotatable bonds is 12. The molecule has 6 rings (SSSR count). The van der Waals surface area contributed by atoms with Gasteiger partial charge in [0, 0.05) is 53.3 Å². The molecule has 12 heteroatoms. The van der Waals surface area contributed by atoms with E-state index >= 15 is 0 Å². The molecule has 0 radical (unpaired) electrons. The molecule has 2 heterocycles. The molecular formula is C39H39Cl2N5O4S. The Bertz CT molecular complexity index is 2200. The summed E-state index contributed by atoms with van der Waals surface area (Å²) in [5, 5.41) is 1.94. The Morgan fingerprint density at radius 1 is 0.882 bits per heavy atom. The molecule has 0 saturated heterocycles. The van der Waals surface area contributed by atoms with Crippen LogP contribution in [0, 0.1) is 0 Å². The van der Waals surface area contributed by atoms with Crippen molar-refractivity contribution in [2.75, 3.05) is 24.5 Å². The molecule has 264 valence electrons. The van der Waals surface area contributed by atoms with Crippen LogP contribution in [0.25, 0.3) is 22.0 Å². The number of halogens is 2. The van der Waals surface area contributed by atoms with Gasteiger partial charge in [-0.15, -0.1) is 0 Å². The van der Waals surface area contributed by atoms with Crippen LogP contribution in [0.3, 0.4) is 0 Å². The third kappa shape index (κ3) is 8.03. The van der Waals surface area contributed by atoms with Gasteiger partial charge in [0.1, 0.15) is 0 Å². The first-order valence-electron chi connectivity index (χ1n) is 17.1. The number of hydrogen-bond acceptors (Lipinski definition) is 7. The highest BCUT2D eigenvalue weighted by atomic mass is 35.5. The summed E-state index contributed by atoms with van der Waals surface area (Å²) in [4.78, 5) is 41.2. The summed E-state index contributed by atoms with van der Waals surface area (Å²) in [6.07, 6.45) is 6.16. The molecule has 4 aromatic carbocycles. The molecule has 0 saturated carbocycles. The number of sulfonamides is 1. The van der Waals surface area contributed by atoms with Crippen LogP contribution in [0.4, 0.5) is 5.95 Å². The average molecular weight is 745 g/mol. The molecule has 0 fully saturated rings. The van der Waals surface area contributed by atoms with Crippen molar-refractivity contribution in [1.82, 2.24) is 19.6 Å². The van der Waals surface area contributed by atoms with Gasteiger partial charge in [-0.05, 0) is 66.1 Å². The maximum absolute atomic E-state index is 14.4. The maximum atomic E-state index is 14.4. The molecular weight excluding hydrogens is 705 g/mol. The lowest BCUT2D eigenvalue weighted by molar-refractivity contribution is 0.0735. The molecule has 1 aliphatic heterocycles. The zero-order valence-corrected chi connectivity index (χ0v) is 30.9. The summed E-state index contributed by atoms with van der Waals surface area (Å²) in [5.74, 6) is -0.713. The molecule has 5 aromatic rings. The van der Waals surface area contributed by atoms with Crippen molar-refractivity contribution >= 4 is 61.8 Å². The second-order valence-electron chi connectivity index (χ2n) is 12.6. The highest BCUT2D eigenvalue weighted by molar-refractivity contribution is 7.90. The van der Waals surface area contributed by atoms with Crippen LogP contribution in [-0.2, 0) is 23.0 Å². The van der Waals surface area contributed by atoms with E-state index < -0.39 is 15.9 Å². The molecule has 2 amide bonds. The van der Waals surface area contributed by atoms with Crippen molar-refractivity contribution in [3.8, 4) is 11.3 Å². The monoisotopic (exact) mass is 743 g/mol. The summed E-state index contributed by atoms with van der Waals surface area (Å²) in [7, 11) is -4.30. The van der Waals surface area contributed by atoms with E-state index in [1.165, 1.54) is 29.8 Å². The van der Waals surface area contributed by atoms with Crippen molar-refractivity contribution in [3.63, 3.8) is 0 Å². The summed E-state index contributed by atoms with van der Waals surface area (Å²) in [6.45, 7) is 6.65. The van der Waals surface area contributed by atoms with E-state index in [-0.39, 0.29) is 27.0 Å². The van der Waals surface area contributed by atoms with Gasteiger partial charge in [-0.25, -0.2) is 23.1 Å². The number of fused-ring (bicyclic) bond motifs is 2. The molecule has 0 spiro atoms. The van der Waals surface area contributed by atoms with E-state index in [9.17, 15) is 18.0 Å². The number of benzene rings is 4. The number of hydrogen-bond donors (Lipinski definition) is 1. The van der Waals surface area contributed by atoms with Gasteiger partial charge < -0.3 is 9.80 Å². The molecule has 0 aliphatic carbocycles. The van der Waals surface area contributed by atoms with Crippen molar-refractivity contribution < 1.29 is 18.0 Å². The molecule has 0 unspecified atom stereocenters. The van der Waals surface area contributed by atoms with E-state index in [2.05, 4.69) is 34.5 Å². The number of anilines is 1. The number of carbonyl (C=O) groups is 2. The third-order valence-corrected chi connectivity index (χ3v) is 11.0. The van der Waals surface area contributed by atoms with Gasteiger partial charge in [0.15, 0.2) is 0 Å². The van der Waals surface area contributed by atoms with E-state index in [4.69, 9.17) is 28.2 Å². The fourth-order valence-corrected chi connectivity index (χ4v) is 7.67. The SMILES string of the molecule is CCCCN(CCCC)c1ncc(Cl)c(-c2ccc(C(=O)NS(=O)(=O)c3ccc4cccc(Cl)c4c3)cc2C(=O)N2CCc3ccccc3C2)n1. The van der Waals surface area contributed by atoms with Crippen molar-refractivity contribution in [2.45, 2.75) is 57.4 Å². The first-order valence-corrected chi connectivity index (χ1v) is 19.4. The third-order valence-electron chi connectivity index (χ3n) is 9.10. The molecule has 1 aromatic heterocycles. The maximum Gasteiger partial charge on any atom is 0.265 e. The Morgan fingerprint density at radius 3 is 2.37 bits per heavy atom. The van der Waals surface area contributed by atoms with Crippen LogP contribution in [0.1, 0.15) is 71.4 Å². The highest BCUT2D eigenvalue weighted by Crippen LogP contribution is 2.33. The predicted molar refractivity (Wildman–Crippen MR) is 203 cm³/mol. The lowest BCUT2D eigenvalue weighted by atomic mass is 9.96. The van der Waals surface area contributed by atoms with Gasteiger partial charge >= 0.3 is 0 Å². The van der Waals surface area contributed by atoms with E-state index in [1.807, 2.05) is 24.3 Å². The summed E-state index contributed by atoms with van der Waals surface area (Å²) < 4.78 is 29.1. The predicted octanol–water partition coefficient (Wildman–Crippen LogP) is 8.33. The normalized spacial score (nSPS) is 12.8. The van der Waals surface area contributed by atoms with Gasteiger partial charge in [0.25, 0.3) is 21.8 Å². The smallest absolute Gasteiger partial charge is 0.265 e. The van der Waals surface area contributed by atoms with E-state index in [0.29, 0.717) is 47.1 Å². The summed E-state index contributed by atoms with van der Waals surface area (Å²) in [6, 6.07) is 22.2. The Kier molecular flexibility index (Phi) is 11.2. The van der Waals surface area contributed by atoms with Crippen LogP contribution in [0.2, 0.25) is 10.0 Å². The zero-order valence-electron chi connectivity index (χ0n) is 28.5. The number of nitrogens with zero attached hydrogens (tertiary/aromatic N) is 4. The number of nitrogens with one attached hydrogen (secondary N) is 1. The van der Waals surface area contributed by atoms with Gasteiger partial charge in [-0.3, -0.25) is 9.59 Å². The molecule has 1 aliphatic rings. The Hall–Kier alpha value is -4.51. The van der Waals surface area contributed by atoms with Gasteiger partial charge in [-0.1, -0.05) is 98.4 Å². The molecule has 9 nitrogen and oxygen atoms in total. The number of aromatic nitrogens is 2. The van der Waals surface area contributed by atoms with Crippen LogP contribution >= 0.6 is 23.2 Å². The van der Waals surface area contributed by atoms with Crippen molar-refractivity contribution in [2.24, 2.45) is 0 Å². The molecule has 1 N–H and O–H groups in total. The molecule has 0 atom stereocenters. The fraction of sp³-hybridized carbons (Fsp3) is 0.282. The van der Waals surface area contributed by atoms with Crippen molar-refractivity contribution in [1.29, 1.82) is 0 Å². The highest BCUT2D eigenvalue weighted by Gasteiger charge is 2.28. The molecule has 0 bridgehead atoms. The van der Waals surface area contributed by atoms with E-state index in [1.54, 1.807) is 35.4 Å². The van der Waals surface area contributed by atoms with Crippen LogP contribution in [0.15, 0.2) is 90.0 Å². The molecule has 51 heavy (non-hydrogen) atoms. The zero-order chi connectivity index (χ0) is 36.1. The van der Waals surface area contributed by atoms with E-state index in [0.717, 1.165) is 49.7 Å². The van der Waals surface area contributed by atoms with Crippen LogP contribution < -0.4 is 9.62 Å². The van der Waals surface area contributed by atoms with Crippen molar-refractivity contribution in [3.05, 3.63) is 117 Å². The second-order valence-corrected chi connectivity index (χ2v) is 15.1. The van der Waals surface area contributed by atoms with Gasteiger partial charge in [0.05, 0.1) is 21.8 Å². The van der Waals surface area contributed by atoms with Gasteiger partial charge in [-0.2, -0.15) is 0 Å². The number of unbranched alkanes of at least 4 members (excludes halogenated alkanes) is 2. The van der Waals surface area contributed by atoms with Crippen LogP contribution in [0.5, 0.6) is 0 Å². The lowest BCUT2D eigenvalue weighted by Gasteiger charge is -2.30. The summed E-state index contributed by atoms with van der Waals surface area (Å²) in [5.41, 5.74) is 3.16. The number of amides is 2. The van der Waals surface area contributed by atoms with Crippen LogP contribution in [-0.4, -0.2) is 54.7 Å². The number of carbonyl (C=O) groups excluding carboxylic acids is 2. The largest absolute Gasteiger partial charge is 0.341 e. The second kappa shape index (κ2) is 15.8.